The molecule has 0 saturated carbocycles. The van der Waals surface area contributed by atoms with Crippen molar-refractivity contribution in [1.29, 1.82) is 0 Å². The van der Waals surface area contributed by atoms with Crippen molar-refractivity contribution in [1.82, 2.24) is 24.4 Å². The van der Waals surface area contributed by atoms with Crippen molar-refractivity contribution in [2.45, 2.75) is 25.7 Å². The van der Waals surface area contributed by atoms with E-state index >= 15 is 0 Å². The highest BCUT2D eigenvalue weighted by molar-refractivity contribution is 5.82. The molecule has 7 nitrogen and oxygen atoms in total. The normalized spacial score (nSPS) is 17.4. The second-order valence-electron chi connectivity index (χ2n) is 6.20. The average Bonchev–Trinajstić information content (AvgIpc) is 2.96. The molecule has 1 N–H and O–H groups in total. The maximum atomic E-state index is 12.5. The second-order valence-corrected chi connectivity index (χ2v) is 6.20. The number of fused-ring (bicyclic) bond motifs is 2. The van der Waals surface area contributed by atoms with Crippen LogP contribution in [0, 0.1) is 0 Å². The summed E-state index contributed by atoms with van der Waals surface area (Å²) < 4.78 is 2.92. The standard InChI is InChI=1S/C18H19N5O2/c1-19-17(24)15-10-13-6-2-3-7-14(13)11-21(15)12-23-18(25)22-9-5-4-8-16(22)20-23/h2-9,15H,10-12H2,1H3,(H,19,24)/t15-/m1/s1. The molecule has 3 aromatic rings. The Bertz CT molecular complexity index is 990. The van der Waals surface area contributed by atoms with Gasteiger partial charge in [-0.15, -0.1) is 5.10 Å². The van der Waals surface area contributed by atoms with E-state index in [1.54, 1.807) is 25.4 Å². The van der Waals surface area contributed by atoms with Gasteiger partial charge >= 0.3 is 5.69 Å². The number of nitrogens with one attached hydrogen (secondary N) is 1. The van der Waals surface area contributed by atoms with Crippen LogP contribution in [-0.2, 0) is 24.4 Å². The molecule has 7 heteroatoms. The predicted molar refractivity (Wildman–Crippen MR) is 93.0 cm³/mol. The van der Waals surface area contributed by atoms with Crippen molar-refractivity contribution in [3.05, 3.63) is 70.3 Å². The van der Waals surface area contributed by atoms with Gasteiger partial charge in [0.05, 0.1) is 12.7 Å². The van der Waals surface area contributed by atoms with Crippen molar-refractivity contribution in [2.75, 3.05) is 7.05 Å². The van der Waals surface area contributed by atoms with Gasteiger partial charge in [0, 0.05) is 19.8 Å². The summed E-state index contributed by atoms with van der Waals surface area (Å²) in [5.41, 5.74) is 2.75. The number of benzene rings is 1. The molecule has 1 amide bonds. The first kappa shape index (κ1) is 15.6. The molecule has 0 bridgehead atoms. The van der Waals surface area contributed by atoms with Crippen molar-refractivity contribution in [3.8, 4) is 0 Å². The predicted octanol–water partition coefficient (Wildman–Crippen LogP) is 0.626. The van der Waals surface area contributed by atoms with E-state index in [-0.39, 0.29) is 24.3 Å². The quantitative estimate of drug-likeness (QED) is 0.761. The summed E-state index contributed by atoms with van der Waals surface area (Å²) in [4.78, 5) is 26.9. The summed E-state index contributed by atoms with van der Waals surface area (Å²) in [5, 5.41) is 7.10. The van der Waals surface area contributed by atoms with Crippen LogP contribution in [0.25, 0.3) is 5.65 Å². The van der Waals surface area contributed by atoms with Crippen LogP contribution in [0.1, 0.15) is 11.1 Å². The molecule has 0 radical (unpaired) electrons. The van der Waals surface area contributed by atoms with Gasteiger partial charge < -0.3 is 5.32 Å². The zero-order valence-electron chi connectivity index (χ0n) is 13.9. The smallest absolute Gasteiger partial charge is 0.351 e. The molecule has 4 rings (SSSR count). The number of likely N-dealkylation sites (N-methyl/N-ethyl adjacent to an activating group) is 1. The lowest BCUT2D eigenvalue weighted by Crippen LogP contribution is -2.50. The van der Waals surface area contributed by atoms with E-state index in [0.29, 0.717) is 18.6 Å². The Labute approximate surface area is 144 Å². The summed E-state index contributed by atoms with van der Waals surface area (Å²) in [5.74, 6) is -0.0497. The molecule has 0 fully saturated rings. The minimum absolute atomic E-state index is 0.0497. The lowest BCUT2D eigenvalue weighted by molar-refractivity contribution is -0.127. The monoisotopic (exact) mass is 337 g/mol. The van der Waals surface area contributed by atoms with Crippen molar-refractivity contribution in [3.63, 3.8) is 0 Å². The highest BCUT2D eigenvalue weighted by atomic mass is 16.2. The van der Waals surface area contributed by atoms with Crippen molar-refractivity contribution >= 4 is 11.6 Å². The molecule has 128 valence electrons. The Kier molecular flexibility index (Phi) is 3.85. The molecular weight excluding hydrogens is 318 g/mol. The highest BCUT2D eigenvalue weighted by Crippen LogP contribution is 2.23. The van der Waals surface area contributed by atoms with E-state index in [9.17, 15) is 9.59 Å². The largest absolute Gasteiger partial charge is 0.358 e. The minimum atomic E-state index is -0.323. The lowest BCUT2D eigenvalue weighted by atomic mass is 9.94. The van der Waals surface area contributed by atoms with Gasteiger partial charge in [0.15, 0.2) is 5.65 Å². The maximum Gasteiger partial charge on any atom is 0.351 e. The SMILES string of the molecule is CNC(=O)[C@H]1Cc2ccccc2CN1Cn1nc2ccccn2c1=O. The van der Waals surface area contributed by atoms with Crippen molar-refractivity contribution < 1.29 is 4.79 Å². The van der Waals surface area contributed by atoms with Crippen LogP contribution in [0.5, 0.6) is 0 Å². The number of carbonyl (C=O) groups excluding carboxylic acids is 1. The molecule has 25 heavy (non-hydrogen) atoms. The van der Waals surface area contributed by atoms with E-state index in [1.165, 1.54) is 20.2 Å². The molecule has 3 heterocycles. The number of nitrogens with zero attached hydrogens (tertiary/aromatic N) is 4. The first-order valence-electron chi connectivity index (χ1n) is 8.24. The number of carbonyl (C=O) groups is 1. The summed E-state index contributed by atoms with van der Waals surface area (Å²) in [7, 11) is 1.64. The van der Waals surface area contributed by atoms with Crippen LogP contribution in [-0.4, -0.2) is 38.1 Å². The van der Waals surface area contributed by atoms with E-state index < -0.39 is 0 Å². The van der Waals surface area contributed by atoms with E-state index in [4.69, 9.17) is 0 Å². The van der Waals surface area contributed by atoms with Crippen LogP contribution >= 0.6 is 0 Å². The number of hydrogen-bond donors (Lipinski definition) is 1. The number of hydrogen-bond acceptors (Lipinski definition) is 4. The van der Waals surface area contributed by atoms with Crippen LogP contribution < -0.4 is 11.0 Å². The fourth-order valence-electron chi connectivity index (χ4n) is 3.38. The van der Waals surface area contributed by atoms with Gasteiger partial charge in [0.1, 0.15) is 0 Å². The zero-order chi connectivity index (χ0) is 17.4. The number of aromatic nitrogens is 3. The van der Waals surface area contributed by atoms with Gasteiger partial charge in [-0.2, -0.15) is 4.68 Å². The Balaban J connectivity index is 1.70. The third kappa shape index (κ3) is 2.72. The van der Waals surface area contributed by atoms with Gasteiger partial charge in [-0.3, -0.25) is 14.1 Å². The zero-order valence-corrected chi connectivity index (χ0v) is 13.9. The van der Waals surface area contributed by atoms with Gasteiger partial charge in [-0.25, -0.2) is 4.79 Å². The topological polar surface area (TPSA) is 71.6 Å². The molecule has 0 aliphatic carbocycles. The van der Waals surface area contributed by atoms with Gasteiger partial charge in [-0.05, 0) is 29.7 Å². The van der Waals surface area contributed by atoms with E-state index in [1.807, 2.05) is 23.1 Å². The fraction of sp³-hybridized carbons (Fsp3) is 0.278. The second kappa shape index (κ2) is 6.18. The molecule has 2 aromatic heterocycles. The Hall–Kier alpha value is -2.93. The maximum absolute atomic E-state index is 12.5. The van der Waals surface area contributed by atoms with Crippen LogP contribution in [0.2, 0.25) is 0 Å². The highest BCUT2D eigenvalue weighted by Gasteiger charge is 2.31. The third-order valence-corrected chi connectivity index (χ3v) is 4.70. The number of amides is 1. The molecule has 1 aliphatic rings. The summed E-state index contributed by atoms with van der Waals surface area (Å²) in [6.07, 6.45) is 2.32. The molecule has 0 saturated heterocycles. The summed E-state index contributed by atoms with van der Waals surface area (Å²) in [6.45, 7) is 0.876. The summed E-state index contributed by atoms with van der Waals surface area (Å²) in [6, 6.07) is 13.2. The number of pyridine rings is 1. The van der Waals surface area contributed by atoms with Gasteiger partial charge in [-0.1, -0.05) is 30.3 Å². The summed E-state index contributed by atoms with van der Waals surface area (Å²) >= 11 is 0. The molecule has 1 atom stereocenters. The molecule has 0 spiro atoms. The van der Waals surface area contributed by atoms with Crippen LogP contribution in [0.3, 0.4) is 0 Å². The third-order valence-electron chi connectivity index (χ3n) is 4.70. The Morgan fingerprint density at radius 3 is 2.72 bits per heavy atom. The average molecular weight is 337 g/mol. The van der Waals surface area contributed by atoms with E-state index in [2.05, 4.69) is 22.5 Å². The first-order valence-corrected chi connectivity index (χ1v) is 8.24. The van der Waals surface area contributed by atoms with Crippen LogP contribution in [0.15, 0.2) is 53.5 Å². The first-order chi connectivity index (χ1) is 12.2. The molecule has 0 unspecified atom stereocenters. The van der Waals surface area contributed by atoms with Gasteiger partial charge in [0.2, 0.25) is 5.91 Å². The molecular formula is C18H19N5O2. The minimum Gasteiger partial charge on any atom is -0.358 e. The fourth-order valence-corrected chi connectivity index (χ4v) is 3.38. The van der Waals surface area contributed by atoms with E-state index in [0.717, 1.165) is 0 Å². The Morgan fingerprint density at radius 2 is 1.96 bits per heavy atom. The molecule has 1 aromatic carbocycles. The van der Waals surface area contributed by atoms with Crippen molar-refractivity contribution in [2.24, 2.45) is 0 Å². The Morgan fingerprint density at radius 1 is 1.20 bits per heavy atom. The van der Waals surface area contributed by atoms with Gasteiger partial charge in [0.25, 0.3) is 0 Å². The molecule has 1 aliphatic heterocycles. The number of rotatable bonds is 3. The lowest BCUT2D eigenvalue weighted by Gasteiger charge is -2.35. The van der Waals surface area contributed by atoms with Crippen LogP contribution in [0.4, 0.5) is 0 Å².